The Morgan fingerprint density at radius 2 is 2.27 bits per heavy atom. The maximum absolute atomic E-state index is 12.1. The monoisotopic (exact) mass is 308 g/mol. The Kier molecular flexibility index (Phi) is 6.68. The average molecular weight is 308 g/mol. The summed E-state index contributed by atoms with van der Waals surface area (Å²) in [5, 5.41) is 11.4. The number of aromatic amines is 1. The SMILES string of the molecule is COC(C(=O)NC(CCC(=O)C=[N+]=[N-])C(=O)O)c1cc[nH]c1. The van der Waals surface area contributed by atoms with Gasteiger partial charge in [0.15, 0.2) is 6.10 Å². The normalized spacial score (nSPS) is 12.8. The summed E-state index contributed by atoms with van der Waals surface area (Å²) < 4.78 is 5.06. The van der Waals surface area contributed by atoms with Gasteiger partial charge in [-0.05, 0) is 12.5 Å². The molecule has 3 N–H and O–H groups in total. The number of ether oxygens (including phenoxy) is 1. The van der Waals surface area contributed by atoms with E-state index < -0.39 is 29.8 Å². The molecule has 0 fully saturated rings. The van der Waals surface area contributed by atoms with Gasteiger partial charge in [0.05, 0.1) is 0 Å². The minimum atomic E-state index is -1.27. The molecule has 9 heteroatoms. The molecule has 0 aliphatic heterocycles. The number of methoxy groups -OCH3 is 1. The number of carboxylic acid groups (broad SMARTS) is 1. The van der Waals surface area contributed by atoms with Gasteiger partial charge in [0, 0.05) is 31.5 Å². The van der Waals surface area contributed by atoms with Crippen LogP contribution in [0.15, 0.2) is 18.5 Å². The molecular formula is C13H16N4O5. The lowest BCUT2D eigenvalue weighted by atomic mass is 10.1. The summed E-state index contributed by atoms with van der Waals surface area (Å²) in [4.78, 5) is 39.8. The van der Waals surface area contributed by atoms with Crippen molar-refractivity contribution in [3.63, 3.8) is 0 Å². The third-order valence-corrected chi connectivity index (χ3v) is 2.89. The number of Topliss-reactive ketones (excluding diaryl/α,β-unsaturated/α-hetero) is 1. The summed E-state index contributed by atoms with van der Waals surface area (Å²) in [5.41, 5.74) is 8.76. The molecule has 0 aliphatic rings. The zero-order valence-electron chi connectivity index (χ0n) is 11.9. The summed E-state index contributed by atoms with van der Waals surface area (Å²) in [6.07, 6.45) is 2.58. The van der Waals surface area contributed by atoms with E-state index in [1.807, 2.05) is 0 Å². The van der Waals surface area contributed by atoms with Crippen molar-refractivity contribution in [2.75, 3.05) is 7.11 Å². The molecular weight excluding hydrogens is 292 g/mol. The fourth-order valence-electron chi connectivity index (χ4n) is 1.81. The molecule has 0 bridgehead atoms. The number of carbonyl (C=O) groups is 3. The van der Waals surface area contributed by atoms with Crippen molar-refractivity contribution < 1.29 is 29.0 Å². The zero-order chi connectivity index (χ0) is 16.5. The van der Waals surface area contributed by atoms with Crippen molar-refractivity contribution in [3.05, 3.63) is 29.6 Å². The predicted octanol–water partition coefficient (Wildman–Crippen LogP) is -0.0785. The van der Waals surface area contributed by atoms with Crippen LogP contribution in [0.3, 0.4) is 0 Å². The van der Waals surface area contributed by atoms with Gasteiger partial charge in [-0.25, -0.2) is 4.79 Å². The number of H-pyrrole nitrogens is 1. The molecule has 22 heavy (non-hydrogen) atoms. The lowest BCUT2D eigenvalue weighted by molar-refractivity contribution is -0.144. The quantitative estimate of drug-likeness (QED) is 0.332. The number of amides is 1. The first-order valence-electron chi connectivity index (χ1n) is 6.38. The third kappa shape index (κ3) is 4.97. The molecule has 1 heterocycles. The van der Waals surface area contributed by atoms with Gasteiger partial charge < -0.3 is 25.7 Å². The van der Waals surface area contributed by atoms with Crippen LogP contribution < -0.4 is 5.32 Å². The van der Waals surface area contributed by atoms with Crippen molar-refractivity contribution in [3.8, 4) is 0 Å². The van der Waals surface area contributed by atoms with Crippen LogP contribution in [0.4, 0.5) is 0 Å². The van der Waals surface area contributed by atoms with Crippen molar-refractivity contribution in [1.82, 2.24) is 10.3 Å². The molecule has 2 unspecified atom stereocenters. The minimum Gasteiger partial charge on any atom is -0.480 e. The fraction of sp³-hybridized carbons (Fsp3) is 0.385. The standard InChI is InChI=1S/C13H16N4O5/c1-22-11(8-4-5-15-6-8)12(19)17-10(13(20)21)3-2-9(18)7-16-14/h4-7,10-11,15H,2-3H2,1H3,(H,17,19)(H,20,21). The van der Waals surface area contributed by atoms with Gasteiger partial charge >= 0.3 is 12.2 Å². The van der Waals surface area contributed by atoms with Crippen LogP contribution in [0.1, 0.15) is 24.5 Å². The first-order valence-corrected chi connectivity index (χ1v) is 6.38. The van der Waals surface area contributed by atoms with Gasteiger partial charge in [-0.15, -0.1) is 0 Å². The number of aromatic nitrogens is 1. The molecule has 1 aromatic heterocycles. The first-order chi connectivity index (χ1) is 10.5. The van der Waals surface area contributed by atoms with Crippen LogP contribution >= 0.6 is 0 Å². The van der Waals surface area contributed by atoms with Crippen molar-refractivity contribution in [2.45, 2.75) is 25.0 Å². The first kappa shape index (κ1) is 17.3. The van der Waals surface area contributed by atoms with Crippen molar-refractivity contribution in [2.24, 2.45) is 0 Å². The largest absolute Gasteiger partial charge is 0.480 e. The summed E-state index contributed by atoms with van der Waals surface area (Å²) in [5.74, 6) is -2.44. The molecule has 2 atom stereocenters. The van der Waals surface area contributed by atoms with Crippen LogP contribution in [0.2, 0.25) is 0 Å². The molecule has 1 aromatic rings. The van der Waals surface area contributed by atoms with Crippen LogP contribution in [-0.4, -0.2) is 51.9 Å². The maximum Gasteiger partial charge on any atom is 0.326 e. The van der Waals surface area contributed by atoms with E-state index in [0.29, 0.717) is 11.8 Å². The Morgan fingerprint density at radius 1 is 1.55 bits per heavy atom. The highest BCUT2D eigenvalue weighted by molar-refractivity contribution is 6.25. The van der Waals surface area contributed by atoms with E-state index in [2.05, 4.69) is 15.1 Å². The zero-order valence-corrected chi connectivity index (χ0v) is 11.9. The number of nitrogens with zero attached hydrogens (tertiary/aromatic N) is 2. The van der Waals surface area contributed by atoms with Gasteiger partial charge in [0.1, 0.15) is 6.04 Å². The second kappa shape index (κ2) is 8.50. The number of nitrogens with one attached hydrogen (secondary N) is 2. The highest BCUT2D eigenvalue weighted by Crippen LogP contribution is 2.16. The minimum absolute atomic E-state index is 0.129. The van der Waals surface area contributed by atoms with E-state index in [-0.39, 0.29) is 12.8 Å². The van der Waals surface area contributed by atoms with Gasteiger partial charge in [0.25, 0.3) is 5.91 Å². The molecule has 0 saturated heterocycles. The lowest BCUT2D eigenvalue weighted by Crippen LogP contribution is -2.43. The summed E-state index contributed by atoms with van der Waals surface area (Å²) in [6, 6.07) is 0.380. The van der Waals surface area contributed by atoms with Crippen LogP contribution in [0, 0.1) is 0 Å². The Hall–Kier alpha value is -2.77. The molecule has 118 valence electrons. The average Bonchev–Trinajstić information content (AvgIpc) is 2.98. The van der Waals surface area contributed by atoms with E-state index >= 15 is 0 Å². The van der Waals surface area contributed by atoms with Gasteiger partial charge in [0.2, 0.25) is 5.78 Å². The molecule has 0 aliphatic carbocycles. The fourth-order valence-corrected chi connectivity index (χ4v) is 1.81. The Morgan fingerprint density at radius 3 is 2.77 bits per heavy atom. The summed E-state index contributed by atoms with van der Waals surface area (Å²) >= 11 is 0. The summed E-state index contributed by atoms with van der Waals surface area (Å²) in [7, 11) is 1.33. The van der Waals surface area contributed by atoms with E-state index in [1.165, 1.54) is 7.11 Å². The third-order valence-electron chi connectivity index (χ3n) is 2.89. The number of aliphatic carboxylic acids is 1. The number of carbonyl (C=O) groups excluding carboxylic acids is 2. The second-order valence-electron chi connectivity index (χ2n) is 4.41. The Balaban J connectivity index is 2.69. The summed E-state index contributed by atoms with van der Waals surface area (Å²) in [6.45, 7) is 0. The van der Waals surface area contributed by atoms with Crippen LogP contribution in [0.5, 0.6) is 0 Å². The second-order valence-corrected chi connectivity index (χ2v) is 4.41. The van der Waals surface area contributed by atoms with Crippen LogP contribution in [0.25, 0.3) is 5.53 Å². The lowest BCUT2D eigenvalue weighted by Gasteiger charge is -2.18. The van der Waals surface area contributed by atoms with E-state index in [1.54, 1.807) is 18.5 Å². The predicted molar refractivity (Wildman–Crippen MR) is 74.0 cm³/mol. The number of carboxylic acids is 1. The number of hydrogen-bond donors (Lipinski definition) is 3. The molecule has 0 saturated carbocycles. The molecule has 0 radical (unpaired) electrons. The van der Waals surface area contributed by atoms with Gasteiger partial charge in [-0.2, -0.15) is 4.79 Å². The van der Waals surface area contributed by atoms with Gasteiger partial charge in [-0.1, -0.05) is 0 Å². The van der Waals surface area contributed by atoms with Gasteiger partial charge in [-0.3, -0.25) is 9.59 Å². The molecule has 0 spiro atoms. The van der Waals surface area contributed by atoms with Crippen molar-refractivity contribution in [1.29, 1.82) is 0 Å². The molecule has 0 aromatic carbocycles. The smallest absolute Gasteiger partial charge is 0.326 e. The number of ketones is 1. The van der Waals surface area contributed by atoms with E-state index in [4.69, 9.17) is 15.4 Å². The van der Waals surface area contributed by atoms with Crippen LogP contribution in [-0.2, 0) is 19.1 Å². The number of rotatable bonds is 9. The van der Waals surface area contributed by atoms with Crippen molar-refractivity contribution >= 4 is 23.9 Å². The molecule has 9 nitrogen and oxygen atoms in total. The molecule has 1 rings (SSSR count). The Bertz CT molecular complexity index is 577. The Labute approximate surface area is 125 Å². The highest BCUT2D eigenvalue weighted by Gasteiger charge is 2.27. The van der Waals surface area contributed by atoms with E-state index in [0.717, 1.165) is 0 Å². The van der Waals surface area contributed by atoms with E-state index in [9.17, 15) is 14.4 Å². The maximum atomic E-state index is 12.1. The topological polar surface area (TPSA) is 145 Å². The highest BCUT2D eigenvalue weighted by atomic mass is 16.5. The number of hydrogen-bond acceptors (Lipinski definition) is 4. The molecule has 1 amide bonds.